The van der Waals surface area contributed by atoms with E-state index in [2.05, 4.69) is 33.0 Å². The first-order chi connectivity index (χ1) is 7.24. The van der Waals surface area contributed by atoms with Gasteiger partial charge in [0, 0.05) is 26.3 Å². The lowest BCUT2D eigenvalue weighted by atomic mass is 9.94. The molecule has 2 aromatic carbocycles. The van der Waals surface area contributed by atoms with E-state index in [9.17, 15) is 0 Å². The van der Waals surface area contributed by atoms with E-state index >= 15 is 0 Å². The number of benzene rings is 2. The Kier molecular flexibility index (Phi) is 1.89. The van der Waals surface area contributed by atoms with Crippen molar-refractivity contribution in [2.75, 3.05) is 0 Å². The van der Waals surface area contributed by atoms with Gasteiger partial charge in [-0.15, -0.1) is 0 Å². The van der Waals surface area contributed by atoms with Gasteiger partial charge >= 0.3 is 0 Å². The molecular weight excluding hydrogens is 249 g/mol. The molecule has 70 valence electrons. The Hall–Kier alpha value is -1.22. The average molecular weight is 256 g/mol. The number of aromatic amines is 1. The van der Waals surface area contributed by atoms with E-state index in [1.54, 1.807) is 0 Å². The predicted octanol–water partition coefficient (Wildman–Crippen LogP) is 2.88. The molecule has 0 aliphatic heterocycles. The second-order valence-corrected chi connectivity index (χ2v) is 4.54. The molecule has 15 heavy (non-hydrogen) atoms. The number of fused-ring (bicyclic) bond motifs is 3. The number of aromatic nitrogens is 1. The molecule has 0 unspecified atom stereocenters. The van der Waals surface area contributed by atoms with Gasteiger partial charge < -0.3 is 4.98 Å². The normalized spacial score (nSPS) is 11.3. The van der Waals surface area contributed by atoms with E-state index in [0.29, 0.717) is 0 Å². The molecule has 0 fully saturated rings. The molecule has 0 aliphatic carbocycles. The summed E-state index contributed by atoms with van der Waals surface area (Å²) in [4.78, 5) is 3.36. The van der Waals surface area contributed by atoms with Crippen molar-refractivity contribution in [2.45, 2.75) is 0 Å². The van der Waals surface area contributed by atoms with Gasteiger partial charge in [-0.1, -0.05) is 33.5 Å². The third kappa shape index (κ3) is 1.38. The summed E-state index contributed by atoms with van der Waals surface area (Å²) >= 11 is 3.48. The Bertz CT molecular complexity index is 601. The number of nitrogens with one attached hydrogen (secondary N) is 1. The standard InChI is InChI=1S/C12H7BBrN/c13-7-1-3-11-9(5-7)10-6-8(14)2-4-12(10)15-11/h1-6,15H. The molecule has 0 amide bonds. The van der Waals surface area contributed by atoms with Gasteiger partial charge in [0.15, 0.2) is 0 Å². The summed E-state index contributed by atoms with van der Waals surface area (Å²) in [7, 11) is 5.79. The van der Waals surface area contributed by atoms with Crippen LogP contribution in [0.3, 0.4) is 0 Å². The maximum Gasteiger partial charge on any atom is 0.113 e. The SMILES string of the molecule is [B]c1ccc2[nH]c3ccc(Br)cc3c2c1. The van der Waals surface area contributed by atoms with Crippen LogP contribution in [0.2, 0.25) is 0 Å². The highest BCUT2D eigenvalue weighted by atomic mass is 79.9. The second kappa shape index (κ2) is 3.14. The molecule has 1 heterocycles. The van der Waals surface area contributed by atoms with Crippen LogP contribution in [0.1, 0.15) is 0 Å². The Balaban J connectivity index is 2.55. The van der Waals surface area contributed by atoms with Crippen LogP contribution in [0.15, 0.2) is 40.9 Å². The van der Waals surface area contributed by atoms with Crippen molar-refractivity contribution >= 4 is 51.0 Å². The van der Waals surface area contributed by atoms with Gasteiger partial charge in [-0.25, -0.2) is 0 Å². The summed E-state index contributed by atoms with van der Waals surface area (Å²) in [6, 6.07) is 12.1. The van der Waals surface area contributed by atoms with Crippen molar-refractivity contribution in [3.8, 4) is 0 Å². The molecule has 3 aromatic rings. The van der Waals surface area contributed by atoms with Crippen molar-refractivity contribution in [1.29, 1.82) is 0 Å². The summed E-state index contributed by atoms with van der Waals surface area (Å²) in [5.74, 6) is 0. The first-order valence-electron chi connectivity index (χ1n) is 4.70. The Morgan fingerprint density at radius 2 is 1.60 bits per heavy atom. The van der Waals surface area contributed by atoms with E-state index in [1.165, 1.54) is 10.8 Å². The molecular formula is C12H7BBrN. The highest BCUT2D eigenvalue weighted by Crippen LogP contribution is 2.26. The van der Waals surface area contributed by atoms with E-state index in [0.717, 1.165) is 21.0 Å². The Morgan fingerprint density at radius 3 is 2.40 bits per heavy atom. The molecule has 0 spiro atoms. The van der Waals surface area contributed by atoms with Crippen molar-refractivity contribution in [2.24, 2.45) is 0 Å². The summed E-state index contributed by atoms with van der Waals surface area (Å²) in [6.45, 7) is 0. The minimum absolute atomic E-state index is 0.795. The Labute approximate surface area is 97.0 Å². The largest absolute Gasteiger partial charge is 0.355 e. The highest BCUT2D eigenvalue weighted by Gasteiger charge is 2.03. The number of halogens is 1. The van der Waals surface area contributed by atoms with Crippen molar-refractivity contribution in [1.82, 2.24) is 4.98 Å². The molecule has 1 aromatic heterocycles. The molecule has 0 saturated carbocycles. The van der Waals surface area contributed by atoms with Gasteiger partial charge in [0.25, 0.3) is 0 Å². The van der Waals surface area contributed by atoms with Gasteiger partial charge in [-0.2, -0.15) is 0 Å². The van der Waals surface area contributed by atoms with Gasteiger partial charge in [-0.05, 0) is 24.3 Å². The molecule has 0 aliphatic rings. The minimum Gasteiger partial charge on any atom is -0.355 e. The van der Waals surface area contributed by atoms with Gasteiger partial charge in [0.05, 0.1) is 0 Å². The van der Waals surface area contributed by atoms with Crippen molar-refractivity contribution < 1.29 is 0 Å². The van der Waals surface area contributed by atoms with Gasteiger partial charge in [0.1, 0.15) is 7.85 Å². The van der Waals surface area contributed by atoms with Crippen molar-refractivity contribution in [3.63, 3.8) is 0 Å². The molecule has 1 N–H and O–H groups in total. The van der Waals surface area contributed by atoms with Crippen LogP contribution >= 0.6 is 15.9 Å². The highest BCUT2D eigenvalue weighted by molar-refractivity contribution is 9.10. The number of rotatable bonds is 0. The van der Waals surface area contributed by atoms with Crippen LogP contribution in [-0.4, -0.2) is 12.8 Å². The second-order valence-electron chi connectivity index (χ2n) is 3.62. The zero-order valence-corrected chi connectivity index (χ0v) is 9.51. The maximum absolute atomic E-state index is 5.79. The summed E-state index contributed by atoms with van der Waals surface area (Å²) in [5.41, 5.74) is 3.06. The summed E-state index contributed by atoms with van der Waals surface area (Å²) < 4.78 is 1.08. The first kappa shape index (κ1) is 9.04. The average Bonchev–Trinajstić information content (AvgIpc) is 2.56. The fraction of sp³-hybridized carbons (Fsp3) is 0. The molecule has 0 atom stereocenters. The van der Waals surface area contributed by atoms with Crippen molar-refractivity contribution in [3.05, 3.63) is 40.9 Å². The van der Waals surface area contributed by atoms with E-state index in [1.807, 2.05) is 24.3 Å². The Morgan fingerprint density at radius 1 is 0.933 bits per heavy atom. The lowest BCUT2D eigenvalue weighted by molar-refractivity contribution is 1.54. The van der Waals surface area contributed by atoms with E-state index in [-0.39, 0.29) is 0 Å². The molecule has 1 nitrogen and oxygen atoms in total. The predicted molar refractivity (Wildman–Crippen MR) is 68.9 cm³/mol. The monoisotopic (exact) mass is 255 g/mol. The molecule has 0 bridgehead atoms. The number of H-pyrrole nitrogens is 1. The van der Waals surface area contributed by atoms with Gasteiger partial charge in [0.2, 0.25) is 0 Å². The maximum atomic E-state index is 5.79. The van der Waals surface area contributed by atoms with E-state index in [4.69, 9.17) is 7.85 Å². The van der Waals surface area contributed by atoms with Crippen LogP contribution in [0.4, 0.5) is 0 Å². The third-order valence-electron chi connectivity index (χ3n) is 2.58. The number of hydrogen-bond donors (Lipinski definition) is 1. The molecule has 2 radical (unpaired) electrons. The summed E-state index contributed by atoms with van der Waals surface area (Å²) in [5, 5.41) is 2.37. The minimum atomic E-state index is 0.795. The lowest BCUT2D eigenvalue weighted by Crippen LogP contribution is -1.98. The van der Waals surface area contributed by atoms with Gasteiger partial charge in [-0.3, -0.25) is 0 Å². The fourth-order valence-electron chi connectivity index (χ4n) is 1.89. The van der Waals surface area contributed by atoms with E-state index < -0.39 is 0 Å². The lowest BCUT2D eigenvalue weighted by Gasteiger charge is -1.94. The molecule has 3 rings (SSSR count). The van der Waals surface area contributed by atoms with Crippen LogP contribution < -0.4 is 5.46 Å². The molecule has 0 saturated heterocycles. The van der Waals surface area contributed by atoms with Crippen LogP contribution in [-0.2, 0) is 0 Å². The third-order valence-corrected chi connectivity index (χ3v) is 3.08. The smallest absolute Gasteiger partial charge is 0.113 e. The van der Waals surface area contributed by atoms with Crippen LogP contribution in [0.25, 0.3) is 21.8 Å². The fourth-order valence-corrected chi connectivity index (χ4v) is 2.25. The zero-order chi connectivity index (χ0) is 10.4. The first-order valence-corrected chi connectivity index (χ1v) is 5.50. The summed E-state index contributed by atoms with van der Waals surface area (Å²) in [6.07, 6.45) is 0. The van der Waals surface area contributed by atoms with Crippen LogP contribution in [0.5, 0.6) is 0 Å². The number of hydrogen-bond acceptors (Lipinski definition) is 0. The zero-order valence-electron chi connectivity index (χ0n) is 7.92. The topological polar surface area (TPSA) is 15.8 Å². The van der Waals surface area contributed by atoms with Crippen LogP contribution in [0, 0.1) is 0 Å². The quantitative estimate of drug-likeness (QED) is 0.595. The molecule has 3 heteroatoms.